The summed E-state index contributed by atoms with van der Waals surface area (Å²) in [5.41, 5.74) is 1.19. The predicted octanol–water partition coefficient (Wildman–Crippen LogP) is 2.18. The average Bonchev–Trinajstić information content (AvgIpc) is 2.66. The van der Waals surface area contributed by atoms with Crippen molar-refractivity contribution in [1.29, 1.82) is 0 Å². The van der Waals surface area contributed by atoms with Crippen molar-refractivity contribution in [3.05, 3.63) is 24.3 Å². The number of carbonyl (C=O) groups is 3. The lowest BCUT2D eigenvalue weighted by Crippen LogP contribution is -2.31. The highest BCUT2D eigenvalue weighted by Crippen LogP contribution is 2.31. The lowest BCUT2D eigenvalue weighted by atomic mass is 9.94. The molecule has 1 aromatic rings. The Morgan fingerprint density at radius 3 is 2.30 bits per heavy atom. The zero-order chi connectivity index (χ0) is 14.9. The van der Waals surface area contributed by atoms with Gasteiger partial charge in [0.1, 0.15) is 0 Å². The number of carbonyl (C=O) groups excluding carboxylic acids is 3. The van der Waals surface area contributed by atoms with Crippen LogP contribution in [0.1, 0.15) is 27.2 Å². The number of benzene rings is 1. The van der Waals surface area contributed by atoms with Gasteiger partial charge >= 0.3 is 0 Å². The largest absolute Gasteiger partial charge is 0.326 e. The van der Waals surface area contributed by atoms with Gasteiger partial charge in [0.05, 0.1) is 11.6 Å². The second kappa shape index (κ2) is 5.45. The van der Waals surface area contributed by atoms with Crippen LogP contribution in [-0.2, 0) is 14.4 Å². The highest BCUT2D eigenvalue weighted by Gasteiger charge is 2.40. The van der Waals surface area contributed by atoms with Gasteiger partial charge in [-0.1, -0.05) is 13.8 Å². The molecule has 1 unspecified atom stereocenters. The SMILES string of the molecule is CC(=O)Nc1ccc(N2C(=O)CC(C(C)C)C2=O)cc1. The molecule has 5 heteroatoms. The van der Waals surface area contributed by atoms with Gasteiger partial charge in [0.15, 0.2) is 0 Å². The van der Waals surface area contributed by atoms with Crippen LogP contribution < -0.4 is 10.2 Å². The molecule has 20 heavy (non-hydrogen) atoms. The summed E-state index contributed by atoms with van der Waals surface area (Å²) >= 11 is 0. The van der Waals surface area contributed by atoms with E-state index in [1.807, 2.05) is 13.8 Å². The smallest absolute Gasteiger partial charge is 0.237 e. The molecule has 1 aliphatic heterocycles. The first-order valence-corrected chi connectivity index (χ1v) is 6.64. The molecule has 5 nitrogen and oxygen atoms in total. The molecule has 0 aromatic heterocycles. The van der Waals surface area contributed by atoms with E-state index in [0.29, 0.717) is 11.4 Å². The number of hydrogen-bond acceptors (Lipinski definition) is 3. The number of nitrogens with zero attached hydrogens (tertiary/aromatic N) is 1. The molecule has 1 atom stereocenters. The van der Waals surface area contributed by atoms with Crippen molar-refractivity contribution in [1.82, 2.24) is 0 Å². The van der Waals surface area contributed by atoms with Crippen LogP contribution in [0, 0.1) is 11.8 Å². The number of amides is 3. The van der Waals surface area contributed by atoms with Crippen LogP contribution in [0.5, 0.6) is 0 Å². The van der Waals surface area contributed by atoms with Gasteiger partial charge in [0.25, 0.3) is 0 Å². The molecule has 1 aromatic carbocycles. The van der Waals surface area contributed by atoms with E-state index in [-0.39, 0.29) is 36.0 Å². The van der Waals surface area contributed by atoms with E-state index in [0.717, 1.165) is 0 Å². The molecule has 1 saturated heterocycles. The Labute approximate surface area is 118 Å². The maximum atomic E-state index is 12.3. The van der Waals surface area contributed by atoms with E-state index >= 15 is 0 Å². The van der Waals surface area contributed by atoms with E-state index in [1.54, 1.807) is 24.3 Å². The summed E-state index contributed by atoms with van der Waals surface area (Å²) in [6.07, 6.45) is 0.268. The Morgan fingerprint density at radius 2 is 1.85 bits per heavy atom. The fourth-order valence-corrected chi connectivity index (χ4v) is 2.34. The lowest BCUT2D eigenvalue weighted by molar-refractivity contribution is -0.122. The van der Waals surface area contributed by atoms with E-state index in [1.165, 1.54) is 11.8 Å². The third-order valence-electron chi connectivity index (χ3n) is 3.43. The minimum Gasteiger partial charge on any atom is -0.326 e. The molecule has 0 aliphatic carbocycles. The van der Waals surface area contributed by atoms with Crippen molar-refractivity contribution in [3.63, 3.8) is 0 Å². The van der Waals surface area contributed by atoms with Gasteiger partial charge in [-0.05, 0) is 30.2 Å². The Balaban J connectivity index is 2.21. The second-order valence-electron chi connectivity index (χ2n) is 5.35. The summed E-state index contributed by atoms with van der Waals surface area (Å²) in [6, 6.07) is 6.70. The number of rotatable bonds is 3. The zero-order valence-corrected chi connectivity index (χ0v) is 11.8. The highest BCUT2D eigenvalue weighted by molar-refractivity contribution is 6.21. The molecular formula is C15H18N2O3. The molecular weight excluding hydrogens is 256 g/mol. The van der Waals surface area contributed by atoms with Gasteiger partial charge < -0.3 is 5.32 Å². The number of nitrogens with one attached hydrogen (secondary N) is 1. The van der Waals surface area contributed by atoms with Crippen LogP contribution >= 0.6 is 0 Å². The van der Waals surface area contributed by atoms with Crippen molar-refractivity contribution in [2.45, 2.75) is 27.2 Å². The summed E-state index contributed by atoms with van der Waals surface area (Å²) in [4.78, 5) is 36.4. The van der Waals surface area contributed by atoms with Crippen LogP contribution in [0.3, 0.4) is 0 Å². The highest BCUT2D eigenvalue weighted by atomic mass is 16.2. The standard InChI is InChI=1S/C15H18N2O3/c1-9(2)13-8-14(19)17(15(13)20)12-6-4-11(5-7-12)16-10(3)18/h4-7,9,13H,8H2,1-3H3,(H,16,18). The van der Waals surface area contributed by atoms with E-state index < -0.39 is 0 Å². The predicted molar refractivity (Wildman–Crippen MR) is 76.2 cm³/mol. The van der Waals surface area contributed by atoms with Crippen LogP contribution in [0.15, 0.2) is 24.3 Å². The average molecular weight is 274 g/mol. The van der Waals surface area contributed by atoms with Crippen molar-refractivity contribution in [2.75, 3.05) is 10.2 Å². The van der Waals surface area contributed by atoms with Crippen molar-refractivity contribution >= 4 is 29.1 Å². The number of imide groups is 1. The summed E-state index contributed by atoms with van der Waals surface area (Å²) in [5.74, 6) is -0.558. The molecule has 1 heterocycles. The topological polar surface area (TPSA) is 66.5 Å². The van der Waals surface area contributed by atoms with Gasteiger partial charge in [0, 0.05) is 19.0 Å². The van der Waals surface area contributed by atoms with E-state index in [2.05, 4.69) is 5.32 Å². The minimum atomic E-state index is -0.238. The first-order chi connectivity index (χ1) is 9.40. The molecule has 1 N–H and O–H groups in total. The monoisotopic (exact) mass is 274 g/mol. The molecule has 0 bridgehead atoms. The van der Waals surface area contributed by atoms with Crippen LogP contribution in [0.4, 0.5) is 11.4 Å². The zero-order valence-electron chi connectivity index (χ0n) is 11.8. The first-order valence-electron chi connectivity index (χ1n) is 6.64. The van der Waals surface area contributed by atoms with Gasteiger partial charge in [-0.2, -0.15) is 0 Å². The quantitative estimate of drug-likeness (QED) is 0.859. The molecule has 0 saturated carbocycles. The molecule has 106 valence electrons. The Hall–Kier alpha value is -2.17. The van der Waals surface area contributed by atoms with Crippen molar-refractivity contribution < 1.29 is 14.4 Å². The normalized spacial score (nSPS) is 18.8. The van der Waals surface area contributed by atoms with Crippen LogP contribution in [-0.4, -0.2) is 17.7 Å². The molecule has 0 spiro atoms. The summed E-state index contributed by atoms with van der Waals surface area (Å²) in [7, 11) is 0. The molecule has 2 rings (SSSR count). The maximum Gasteiger partial charge on any atom is 0.237 e. The number of hydrogen-bond donors (Lipinski definition) is 1. The summed E-state index contributed by atoms with van der Waals surface area (Å²) in [5, 5.41) is 2.64. The van der Waals surface area contributed by atoms with Gasteiger partial charge in [-0.15, -0.1) is 0 Å². The lowest BCUT2D eigenvalue weighted by Gasteiger charge is -2.16. The number of anilines is 2. The molecule has 1 aliphatic rings. The Kier molecular flexibility index (Phi) is 3.88. The Morgan fingerprint density at radius 1 is 1.25 bits per heavy atom. The van der Waals surface area contributed by atoms with Crippen molar-refractivity contribution in [2.24, 2.45) is 11.8 Å². The second-order valence-corrected chi connectivity index (χ2v) is 5.35. The summed E-state index contributed by atoms with van der Waals surface area (Å²) in [6.45, 7) is 5.31. The first kappa shape index (κ1) is 14.2. The van der Waals surface area contributed by atoms with Crippen molar-refractivity contribution in [3.8, 4) is 0 Å². The van der Waals surface area contributed by atoms with Gasteiger partial charge in [-0.25, -0.2) is 0 Å². The summed E-state index contributed by atoms with van der Waals surface area (Å²) < 4.78 is 0. The fraction of sp³-hybridized carbons (Fsp3) is 0.400. The van der Waals surface area contributed by atoms with Gasteiger partial charge in [-0.3, -0.25) is 19.3 Å². The molecule has 0 radical (unpaired) electrons. The minimum absolute atomic E-state index is 0.141. The van der Waals surface area contributed by atoms with E-state index in [4.69, 9.17) is 0 Å². The Bertz CT molecular complexity index is 549. The van der Waals surface area contributed by atoms with Gasteiger partial charge in [0.2, 0.25) is 17.7 Å². The van der Waals surface area contributed by atoms with Crippen LogP contribution in [0.2, 0.25) is 0 Å². The molecule has 1 fully saturated rings. The third-order valence-corrected chi connectivity index (χ3v) is 3.43. The fourth-order valence-electron chi connectivity index (χ4n) is 2.34. The molecule has 3 amide bonds. The van der Waals surface area contributed by atoms with E-state index in [9.17, 15) is 14.4 Å². The maximum absolute atomic E-state index is 12.3. The third kappa shape index (κ3) is 2.71. The van der Waals surface area contributed by atoms with Crippen LogP contribution in [0.25, 0.3) is 0 Å².